The van der Waals surface area contributed by atoms with Crippen LogP contribution in [0.1, 0.15) is 11.1 Å². The predicted octanol–water partition coefficient (Wildman–Crippen LogP) is 6.70. The molecule has 0 saturated heterocycles. The molecule has 4 rings (SSSR count). The lowest BCUT2D eigenvalue weighted by Crippen LogP contribution is -2.32. The van der Waals surface area contributed by atoms with E-state index in [0.717, 1.165) is 20.2 Å². The Labute approximate surface area is 184 Å². The molecule has 1 heterocycles. The summed E-state index contributed by atoms with van der Waals surface area (Å²) in [7, 11) is 0. The molecule has 0 bridgehead atoms. The fourth-order valence-electron chi connectivity index (χ4n) is 2.89. The van der Waals surface area contributed by atoms with Gasteiger partial charge in [-0.3, -0.25) is 9.69 Å². The number of halogens is 3. The third kappa shape index (κ3) is 3.83. The fraction of sp³-hybridized carbons (Fsp3) is 0. The summed E-state index contributed by atoms with van der Waals surface area (Å²) in [6, 6.07) is 22.6. The second kappa shape index (κ2) is 8.03. The largest absolute Gasteiger partial charge is 0.282 e. The van der Waals surface area contributed by atoms with Crippen molar-refractivity contribution in [3.63, 3.8) is 0 Å². The number of benzene rings is 3. The van der Waals surface area contributed by atoms with Gasteiger partial charge in [0.25, 0.3) is 5.91 Å². The van der Waals surface area contributed by atoms with Crippen molar-refractivity contribution in [3.8, 4) is 0 Å². The molecule has 6 heteroatoms. The van der Waals surface area contributed by atoms with Crippen molar-refractivity contribution in [1.82, 2.24) is 0 Å². The van der Waals surface area contributed by atoms with Crippen molar-refractivity contribution < 1.29 is 4.79 Å². The molecule has 0 atom stereocenters. The van der Waals surface area contributed by atoms with Gasteiger partial charge in [0.15, 0.2) is 0 Å². The topological polar surface area (TPSA) is 32.7 Å². The van der Waals surface area contributed by atoms with Crippen LogP contribution < -0.4 is 4.90 Å². The standard InChI is InChI=1S/C22H13Br2ClN2O/c23-15-7-5-14(6-8-15)13-20-22(28)27(17-11-9-16(24)10-12-17)21(26-20)18-3-1-2-4-19(18)25/h1-13H/b20-13+. The molecule has 138 valence electrons. The Hall–Kier alpha value is -2.21. The van der Waals surface area contributed by atoms with E-state index in [2.05, 4.69) is 36.9 Å². The van der Waals surface area contributed by atoms with Crippen LogP contribution in [0.5, 0.6) is 0 Å². The monoisotopic (exact) mass is 514 g/mol. The normalized spacial score (nSPS) is 15.2. The number of hydrogen-bond donors (Lipinski definition) is 0. The molecule has 0 aliphatic carbocycles. The summed E-state index contributed by atoms with van der Waals surface area (Å²) in [6.07, 6.45) is 1.78. The smallest absolute Gasteiger partial charge is 0.266 e. The minimum Gasteiger partial charge on any atom is -0.266 e. The molecule has 0 aromatic heterocycles. The van der Waals surface area contributed by atoms with E-state index in [0.29, 0.717) is 22.1 Å². The van der Waals surface area contributed by atoms with Crippen molar-refractivity contribution in [1.29, 1.82) is 0 Å². The average molecular weight is 517 g/mol. The minimum absolute atomic E-state index is 0.194. The molecule has 1 aliphatic rings. The highest BCUT2D eigenvalue weighted by molar-refractivity contribution is 9.10. The zero-order valence-electron chi connectivity index (χ0n) is 14.4. The number of nitrogens with zero attached hydrogens (tertiary/aromatic N) is 2. The van der Waals surface area contributed by atoms with Crippen LogP contribution in [-0.2, 0) is 4.79 Å². The Balaban J connectivity index is 1.84. The van der Waals surface area contributed by atoms with Gasteiger partial charge in [0.05, 0.1) is 10.7 Å². The molecule has 0 saturated carbocycles. The van der Waals surface area contributed by atoms with Gasteiger partial charge in [-0.15, -0.1) is 0 Å². The van der Waals surface area contributed by atoms with E-state index in [1.807, 2.05) is 66.7 Å². The SMILES string of the molecule is O=C1/C(=C\c2ccc(Br)cc2)N=C(c2ccccc2Cl)N1c1ccc(Br)cc1. The average Bonchev–Trinajstić information content (AvgIpc) is 3.01. The van der Waals surface area contributed by atoms with E-state index in [1.165, 1.54) is 0 Å². The second-order valence-corrected chi connectivity index (χ2v) is 8.35. The van der Waals surface area contributed by atoms with Gasteiger partial charge in [0, 0.05) is 14.5 Å². The number of hydrogen-bond acceptors (Lipinski definition) is 2. The van der Waals surface area contributed by atoms with Crippen molar-refractivity contribution in [2.75, 3.05) is 4.90 Å². The Kier molecular flexibility index (Phi) is 5.49. The first-order chi connectivity index (χ1) is 13.5. The number of carbonyl (C=O) groups is 1. The molecule has 3 aromatic rings. The molecular weight excluding hydrogens is 504 g/mol. The van der Waals surface area contributed by atoms with Crippen LogP contribution in [0.3, 0.4) is 0 Å². The number of amidine groups is 1. The molecule has 3 nitrogen and oxygen atoms in total. The number of carbonyl (C=O) groups excluding carboxylic acids is 1. The number of rotatable bonds is 3. The number of amides is 1. The molecule has 0 unspecified atom stereocenters. The Morgan fingerprint density at radius 3 is 2.11 bits per heavy atom. The summed E-state index contributed by atoms with van der Waals surface area (Å²) in [5.41, 5.74) is 2.69. The maximum absolute atomic E-state index is 13.2. The van der Waals surface area contributed by atoms with Crippen LogP contribution in [0.2, 0.25) is 5.02 Å². The molecule has 28 heavy (non-hydrogen) atoms. The van der Waals surface area contributed by atoms with Crippen LogP contribution in [0.15, 0.2) is 92.4 Å². The van der Waals surface area contributed by atoms with E-state index < -0.39 is 0 Å². The van der Waals surface area contributed by atoms with E-state index in [-0.39, 0.29) is 5.91 Å². The summed E-state index contributed by atoms with van der Waals surface area (Å²) >= 11 is 13.3. The van der Waals surface area contributed by atoms with Crippen molar-refractivity contribution >= 4 is 67.0 Å². The lowest BCUT2D eigenvalue weighted by molar-refractivity contribution is -0.113. The summed E-state index contributed by atoms with van der Waals surface area (Å²) < 4.78 is 1.91. The second-order valence-electron chi connectivity index (χ2n) is 6.11. The Bertz CT molecular complexity index is 1110. The first-order valence-electron chi connectivity index (χ1n) is 8.44. The zero-order chi connectivity index (χ0) is 19.7. The molecule has 0 spiro atoms. The summed E-state index contributed by atoms with van der Waals surface area (Å²) in [5.74, 6) is 0.321. The molecule has 1 amide bonds. The molecule has 0 radical (unpaired) electrons. The summed E-state index contributed by atoms with van der Waals surface area (Å²) in [5, 5.41) is 0.543. The lowest BCUT2D eigenvalue weighted by Gasteiger charge is -2.19. The highest BCUT2D eigenvalue weighted by atomic mass is 79.9. The Morgan fingerprint density at radius 1 is 0.857 bits per heavy atom. The van der Waals surface area contributed by atoms with Crippen LogP contribution in [-0.4, -0.2) is 11.7 Å². The van der Waals surface area contributed by atoms with Gasteiger partial charge in [0.2, 0.25) is 0 Å². The van der Waals surface area contributed by atoms with Crippen molar-refractivity contribution in [3.05, 3.63) is 104 Å². The minimum atomic E-state index is -0.194. The Morgan fingerprint density at radius 2 is 1.46 bits per heavy atom. The van der Waals surface area contributed by atoms with Gasteiger partial charge in [0.1, 0.15) is 11.5 Å². The van der Waals surface area contributed by atoms with E-state index >= 15 is 0 Å². The predicted molar refractivity (Wildman–Crippen MR) is 122 cm³/mol. The first-order valence-corrected chi connectivity index (χ1v) is 10.4. The number of aliphatic imine (C=N–C) groups is 1. The van der Waals surface area contributed by atoms with Gasteiger partial charge in [-0.2, -0.15) is 0 Å². The van der Waals surface area contributed by atoms with E-state index in [9.17, 15) is 4.79 Å². The van der Waals surface area contributed by atoms with Crippen molar-refractivity contribution in [2.24, 2.45) is 4.99 Å². The quantitative estimate of drug-likeness (QED) is 0.357. The van der Waals surface area contributed by atoms with E-state index in [1.54, 1.807) is 17.0 Å². The van der Waals surface area contributed by atoms with Crippen LogP contribution >= 0.6 is 43.5 Å². The van der Waals surface area contributed by atoms with Gasteiger partial charge >= 0.3 is 0 Å². The summed E-state index contributed by atoms with van der Waals surface area (Å²) in [6.45, 7) is 0. The molecule has 0 N–H and O–H groups in total. The zero-order valence-corrected chi connectivity index (χ0v) is 18.4. The maximum Gasteiger partial charge on any atom is 0.282 e. The van der Waals surface area contributed by atoms with Crippen LogP contribution in [0.25, 0.3) is 6.08 Å². The van der Waals surface area contributed by atoms with Gasteiger partial charge in [-0.1, -0.05) is 67.7 Å². The number of anilines is 1. The van der Waals surface area contributed by atoms with Crippen molar-refractivity contribution in [2.45, 2.75) is 0 Å². The molecular formula is C22H13Br2ClN2O. The molecule has 0 fully saturated rings. The third-order valence-electron chi connectivity index (χ3n) is 4.23. The maximum atomic E-state index is 13.2. The highest BCUT2D eigenvalue weighted by Crippen LogP contribution is 2.31. The summed E-state index contributed by atoms with van der Waals surface area (Å²) in [4.78, 5) is 19.5. The first kappa shape index (κ1) is 19.1. The van der Waals surface area contributed by atoms with E-state index in [4.69, 9.17) is 11.6 Å². The lowest BCUT2D eigenvalue weighted by atomic mass is 10.1. The molecule has 3 aromatic carbocycles. The molecule has 1 aliphatic heterocycles. The highest BCUT2D eigenvalue weighted by Gasteiger charge is 2.33. The van der Waals surface area contributed by atoms with Gasteiger partial charge in [-0.05, 0) is 60.2 Å². The fourth-order valence-corrected chi connectivity index (χ4v) is 3.64. The van der Waals surface area contributed by atoms with Gasteiger partial charge in [-0.25, -0.2) is 4.99 Å². The third-order valence-corrected chi connectivity index (χ3v) is 5.62. The van der Waals surface area contributed by atoms with Gasteiger partial charge < -0.3 is 0 Å². The van der Waals surface area contributed by atoms with Crippen LogP contribution in [0, 0.1) is 0 Å². The van der Waals surface area contributed by atoms with Crippen LogP contribution in [0.4, 0.5) is 5.69 Å².